The third-order valence-electron chi connectivity index (χ3n) is 3.59. The predicted molar refractivity (Wildman–Crippen MR) is 89.8 cm³/mol. The molecule has 0 amide bonds. The summed E-state index contributed by atoms with van der Waals surface area (Å²) in [5.41, 5.74) is 3.03. The maximum atomic E-state index is 10.8. The molecule has 0 spiro atoms. The van der Waals surface area contributed by atoms with Crippen molar-refractivity contribution in [1.82, 2.24) is 9.78 Å². The Morgan fingerprint density at radius 2 is 1.32 bits per heavy atom. The van der Waals surface area contributed by atoms with Gasteiger partial charge in [0.25, 0.3) is 0 Å². The van der Waals surface area contributed by atoms with E-state index in [1.54, 1.807) is 0 Å². The van der Waals surface area contributed by atoms with Gasteiger partial charge >= 0.3 is 0 Å². The van der Waals surface area contributed by atoms with Crippen LogP contribution in [0.25, 0.3) is 22.5 Å². The molecule has 0 atom stereocenters. The van der Waals surface area contributed by atoms with Gasteiger partial charge in [0, 0.05) is 11.1 Å². The average Bonchev–Trinajstić information content (AvgIpc) is 2.87. The Morgan fingerprint density at radius 3 is 1.82 bits per heavy atom. The summed E-state index contributed by atoms with van der Waals surface area (Å²) < 4.78 is 1.90. The van der Waals surface area contributed by atoms with Crippen LogP contribution in [0.2, 0.25) is 0 Å². The van der Waals surface area contributed by atoms with E-state index < -0.39 is 0 Å². The molecule has 1 heterocycles. The van der Waals surface area contributed by atoms with Crippen molar-refractivity contribution >= 4 is 0 Å². The van der Waals surface area contributed by atoms with Crippen LogP contribution >= 0.6 is 0 Å². The summed E-state index contributed by atoms with van der Waals surface area (Å²) in [6.07, 6.45) is 0. The van der Waals surface area contributed by atoms with Gasteiger partial charge in [-0.15, -0.1) is 0 Å². The minimum atomic E-state index is -0.227. The van der Waals surface area contributed by atoms with Crippen LogP contribution in [0.15, 0.2) is 60.7 Å². The molecule has 1 aromatic heterocycles. The number of rotatable bonds is 2. The summed E-state index contributed by atoms with van der Waals surface area (Å²) >= 11 is 0. The highest BCUT2D eigenvalue weighted by molar-refractivity contribution is 5.78. The molecular weight excluding hydrogens is 272 g/mol. The highest BCUT2D eigenvalue weighted by Crippen LogP contribution is 2.40. The average molecular weight is 292 g/mol. The lowest BCUT2D eigenvalue weighted by atomic mass is 10.1. The molecule has 3 rings (SSSR count). The first kappa shape index (κ1) is 14.4. The highest BCUT2D eigenvalue weighted by atomic mass is 16.3. The van der Waals surface area contributed by atoms with Crippen LogP contribution in [-0.2, 0) is 5.54 Å². The van der Waals surface area contributed by atoms with Gasteiger partial charge in [0.2, 0.25) is 0 Å². The SMILES string of the molecule is CC(C)(C)n1nc(-c2ccccc2)c(O)c1-c1ccccc1. The Kier molecular flexibility index (Phi) is 3.49. The van der Waals surface area contributed by atoms with Gasteiger partial charge in [-0.1, -0.05) is 60.7 Å². The number of nitrogens with zero attached hydrogens (tertiary/aromatic N) is 2. The first-order chi connectivity index (χ1) is 10.5. The highest BCUT2D eigenvalue weighted by Gasteiger charge is 2.26. The van der Waals surface area contributed by atoms with Crippen molar-refractivity contribution in [2.24, 2.45) is 0 Å². The summed E-state index contributed by atoms with van der Waals surface area (Å²) in [5, 5.41) is 15.5. The van der Waals surface area contributed by atoms with Crippen molar-refractivity contribution < 1.29 is 5.11 Å². The van der Waals surface area contributed by atoms with E-state index in [0.717, 1.165) is 16.8 Å². The van der Waals surface area contributed by atoms with Crippen LogP contribution in [0, 0.1) is 0 Å². The molecule has 0 aliphatic rings. The Morgan fingerprint density at radius 1 is 0.818 bits per heavy atom. The van der Waals surface area contributed by atoms with Crippen molar-refractivity contribution in [3.63, 3.8) is 0 Å². The van der Waals surface area contributed by atoms with Gasteiger partial charge in [0.15, 0.2) is 5.75 Å². The standard InChI is InChI=1S/C19H20N2O/c1-19(2,3)21-17(15-12-8-5-9-13-15)18(22)16(20-21)14-10-6-4-7-11-14/h4-13,22H,1-3H3. The Labute approximate surface area is 130 Å². The molecular formula is C19H20N2O. The summed E-state index contributed by atoms with van der Waals surface area (Å²) in [6, 6.07) is 19.7. The smallest absolute Gasteiger partial charge is 0.169 e. The van der Waals surface area contributed by atoms with Crippen LogP contribution < -0.4 is 0 Å². The van der Waals surface area contributed by atoms with E-state index in [4.69, 9.17) is 5.10 Å². The van der Waals surface area contributed by atoms with Crippen molar-refractivity contribution in [3.05, 3.63) is 60.7 Å². The van der Waals surface area contributed by atoms with Gasteiger partial charge in [-0.05, 0) is 20.8 Å². The third-order valence-corrected chi connectivity index (χ3v) is 3.59. The zero-order valence-electron chi connectivity index (χ0n) is 13.1. The molecule has 0 radical (unpaired) electrons. The molecule has 2 aromatic carbocycles. The number of hydrogen-bond acceptors (Lipinski definition) is 2. The van der Waals surface area contributed by atoms with E-state index in [2.05, 4.69) is 20.8 Å². The van der Waals surface area contributed by atoms with Crippen LogP contribution in [0.3, 0.4) is 0 Å². The molecule has 22 heavy (non-hydrogen) atoms. The van der Waals surface area contributed by atoms with Crippen LogP contribution in [0.1, 0.15) is 20.8 Å². The first-order valence-corrected chi connectivity index (χ1v) is 7.42. The van der Waals surface area contributed by atoms with E-state index in [-0.39, 0.29) is 11.3 Å². The Balaban J connectivity index is 2.27. The topological polar surface area (TPSA) is 38.0 Å². The summed E-state index contributed by atoms with van der Waals surface area (Å²) in [4.78, 5) is 0. The monoisotopic (exact) mass is 292 g/mol. The van der Waals surface area contributed by atoms with Gasteiger partial charge in [-0.25, -0.2) is 0 Å². The quantitative estimate of drug-likeness (QED) is 0.745. The molecule has 112 valence electrons. The lowest BCUT2D eigenvalue weighted by Crippen LogP contribution is -2.24. The van der Waals surface area contributed by atoms with Crippen molar-refractivity contribution in [2.45, 2.75) is 26.3 Å². The first-order valence-electron chi connectivity index (χ1n) is 7.42. The third kappa shape index (κ3) is 2.50. The van der Waals surface area contributed by atoms with E-state index in [1.165, 1.54) is 0 Å². The number of aromatic hydroxyl groups is 1. The number of hydrogen-bond donors (Lipinski definition) is 1. The Hall–Kier alpha value is -2.55. The summed E-state index contributed by atoms with van der Waals surface area (Å²) in [5.74, 6) is 0.229. The van der Waals surface area contributed by atoms with E-state index in [9.17, 15) is 5.11 Å². The molecule has 0 unspecified atom stereocenters. The minimum absolute atomic E-state index is 0.227. The summed E-state index contributed by atoms with van der Waals surface area (Å²) in [7, 11) is 0. The van der Waals surface area contributed by atoms with Gasteiger partial charge in [0.1, 0.15) is 11.4 Å². The number of benzene rings is 2. The van der Waals surface area contributed by atoms with Gasteiger partial charge < -0.3 is 5.11 Å². The largest absolute Gasteiger partial charge is 0.504 e. The fourth-order valence-corrected chi connectivity index (χ4v) is 2.54. The fraction of sp³-hybridized carbons (Fsp3) is 0.211. The molecule has 0 aliphatic carbocycles. The molecule has 0 saturated heterocycles. The number of aromatic nitrogens is 2. The fourth-order valence-electron chi connectivity index (χ4n) is 2.54. The molecule has 3 nitrogen and oxygen atoms in total. The summed E-state index contributed by atoms with van der Waals surface area (Å²) in [6.45, 7) is 6.25. The van der Waals surface area contributed by atoms with Gasteiger partial charge in [-0.2, -0.15) is 5.10 Å². The molecule has 0 aliphatic heterocycles. The lowest BCUT2D eigenvalue weighted by Gasteiger charge is -2.22. The second kappa shape index (κ2) is 5.34. The van der Waals surface area contributed by atoms with Crippen LogP contribution in [-0.4, -0.2) is 14.9 Å². The van der Waals surface area contributed by atoms with E-state index >= 15 is 0 Å². The van der Waals surface area contributed by atoms with Crippen molar-refractivity contribution in [1.29, 1.82) is 0 Å². The van der Waals surface area contributed by atoms with Crippen molar-refractivity contribution in [2.75, 3.05) is 0 Å². The molecule has 3 heteroatoms. The second-order valence-electron chi connectivity index (χ2n) is 6.36. The van der Waals surface area contributed by atoms with Crippen LogP contribution in [0.5, 0.6) is 5.75 Å². The maximum Gasteiger partial charge on any atom is 0.169 e. The minimum Gasteiger partial charge on any atom is -0.504 e. The van der Waals surface area contributed by atoms with Crippen molar-refractivity contribution in [3.8, 4) is 28.3 Å². The maximum absolute atomic E-state index is 10.8. The molecule has 3 aromatic rings. The lowest BCUT2D eigenvalue weighted by molar-refractivity contribution is 0.359. The van der Waals surface area contributed by atoms with Crippen LogP contribution in [0.4, 0.5) is 0 Å². The molecule has 0 saturated carbocycles. The molecule has 0 fully saturated rings. The molecule has 0 bridgehead atoms. The normalized spacial score (nSPS) is 11.6. The van der Waals surface area contributed by atoms with E-state index in [1.807, 2.05) is 65.3 Å². The van der Waals surface area contributed by atoms with Gasteiger partial charge in [-0.3, -0.25) is 4.68 Å². The van der Waals surface area contributed by atoms with E-state index in [0.29, 0.717) is 5.69 Å². The zero-order valence-corrected chi connectivity index (χ0v) is 13.1. The predicted octanol–water partition coefficient (Wildman–Crippen LogP) is 4.68. The van der Waals surface area contributed by atoms with Gasteiger partial charge in [0.05, 0.1) is 5.54 Å². The molecule has 1 N–H and O–H groups in total. The zero-order chi connectivity index (χ0) is 15.7. The second-order valence-corrected chi connectivity index (χ2v) is 6.36. The Bertz CT molecular complexity index is 768.